The van der Waals surface area contributed by atoms with Crippen molar-refractivity contribution in [2.24, 2.45) is 11.5 Å². The summed E-state index contributed by atoms with van der Waals surface area (Å²) in [5, 5.41) is 0. The van der Waals surface area contributed by atoms with Gasteiger partial charge in [0.15, 0.2) is 0 Å². The number of benzene rings is 1. The van der Waals surface area contributed by atoms with Gasteiger partial charge in [-0.05, 0) is 30.7 Å². The molecular weight excluding hydrogens is 174 g/mol. The molecule has 0 bridgehead atoms. The zero-order valence-corrected chi connectivity index (χ0v) is 8.83. The van der Waals surface area contributed by atoms with Gasteiger partial charge in [0.05, 0.1) is 0 Å². The highest BCUT2D eigenvalue weighted by Gasteiger charge is 2.10. The predicted molar refractivity (Wildman–Crippen MR) is 60.2 cm³/mol. The van der Waals surface area contributed by atoms with Crippen molar-refractivity contribution in [3.63, 3.8) is 0 Å². The molecule has 1 unspecified atom stereocenters. The maximum atomic E-state index is 6.02. The molecule has 1 atom stereocenters. The quantitative estimate of drug-likeness (QED) is 0.745. The fourth-order valence-corrected chi connectivity index (χ4v) is 1.47. The summed E-state index contributed by atoms with van der Waals surface area (Å²) in [7, 11) is 4.00. The van der Waals surface area contributed by atoms with E-state index in [0.29, 0.717) is 6.54 Å². The van der Waals surface area contributed by atoms with Gasteiger partial charge in [-0.15, -0.1) is 0 Å². The zero-order valence-electron chi connectivity index (χ0n) is 8.83. The number of anilines is 1. The first-order valence-corrected chi connectivity index (χ1v) is 4.79. The second kappa shape index (κ2) is 4.98. The third-order valence-corrected chi connectivity index (χ3v) is 2.23. The minimum atomic E-state index is 0.0204. The van der Waals surface area contributed by atoms with Gasteiger partial charge in [-0.1, -0.05) is 12.1 Å². The van der Waals surface area contributed by atoms with Crippen LogP contribution in [0.15, 0.2) is 18.2 Å². The SMILES string of the molecule is CN(C)c1c[c]ccc1C(N)CCN. The molecule has 3 nitrogen and oxygen atoms in total. The Balaban J connectivity index is 2.94. The lowest BCUT2D eigenvalue weighted by molar-refractivity contribution is 0.660. The molecule has 1 radical (unpaired) electrons. The molecule has 1 aromatic rings. The van der Waals surface area contributed by atoms with Gasteiger partial charge in [-0.2, -0.15) is 0 Å². The summed E-state index contributed by atoms with van der Waals surface area (Å²) in [5.41, 5.74) is 13.8. The van der Waals surface area contributed by atoms with E-state index in [9.17, 15) is 0 Å². The Morgan fingerprint density at radius 1 is 1.50 bits per heavy atom. The normalized spacial score (nSPS) is 12.6. The Kier molecular flexibility index (Phi) is 3.92. The Bertz CT molecular complexity index is 284. The van der Waals surface area contributed by atoms with E-state index in [4.69, 9.17) is 11.5 Å². The summed E-state index contributed by atoms with van der Waals surface area (Å²) < 4.78 is 0. The molecule has 77 valence electrons. The van der Waals surface area contributed by atoms with Gasteiger partial charge in [0, 0.05) is 25.8 Å². The summed E-state index contributed by atoms with van der Waals surface area (Å²) in [5.74, 6) is 0. The molecule has 14 heavy (non-hydrogen) atoms. The molecule has 0 aliphatic carbocycles. The molecule has 0 spiro atoms. The van der Waals surface area contributed by atoms with Crippen molar-refractivity contribution < 1.29 is 0 Å². The third kappa shape index (κ3) is 2.47. The molecule has 3 heteroatoms. The van der Waals surface area contributed by atoms with E-state index >= 15 is 0 Å². The Morgan fingerprint density at radius 2 is 2.21 bits per heavy atom. The fraction of sp³-hybridized carbons (Fsp3) is 0.455. The molecule has 0 aliphatic rings. The van der Waals surface area contributed by atoms with Crippen LogP contribution in [-0.4, -0.2) is 20.6 Å². The second-order valence-corrected chi connectivity index (χ2v) is 3.56. The minimum absolute atomic E-state index is 0.0204. The average molecular weight is 192 g/mol. The number of nitrogens with two attached hydrogens (primary N) is 2. The molecular formula is C11H18N3. The lowest BCUT2D eigenvalue weighted by atomic mass is 10.0. The van der Waals surface area contributed by atoms with E-state index in [2.05, 4.69) is 6.07 Å². The van der Waals surface area contributed by atoms with Crippen molar-refractivity contribution in [2.75, 3.05) is 25.5 Å². The van der Waals surface area contributed by atoms with Gasteiger partial charge in [-0.3, -0.25) is 0 Å². The van der Waals surface area contributed by atoms with E-state index < -0.39 is 0 Å². The van der Waals surface area contributed by atoms with Gasteiger partial charge in [-0.25, -0.2) is 0 Å². The van der Waals surface area contributed by atoms with Crippen LogP contribution >= 0.6 is 0 Å². The van der Waals surface area contributed by atoms with Gasteiger partial charge in [0.2, 0.25) is 0 Å². The van der Waals surface area contributed by atoms with Crippen LogP contribution in [0.4, 0.5) is 5.69 Å². The maximum absolute atomic E-state index is 6.02. The van der Waals surface area contributed by atoms with Crippen LogP contribution in [-0.2, 0) is 0 Å². The monoisotopic (exact) mass is 192 g/mol. The van der Waals surface area contributed by atoms with Gasteiger partial charge in [0.1, 0.15) is 0 Å². The van der Waals surface area contributed by atoms with Crippen LogP contribution in [0.25, 0.3) is 0 Å². The topological polar surface area (TPSA) is 55.3 Å². The summed E-state index contributed by atoms with van der Waals surface area (Å²) in [6.45, 7) is 0.618. The summed E-state index contributed by atoms with van der Waals surface area (Å²) in [6.07, 6.45) is 0.810. The molecule has 0 saturated carbocycles. The number of nitrogens with zero attached hydrogens (tertiary/aromatic N) is 1. The van der Waals surface area contributed by atoms with Crippen LogP contribution in [0.2, 0.25) is 0 Å². The Morgan fingerprint density at radius 3 is 2.79 bits per heavy atom. The van der Waals surface area contributed by atoms with Crippen molar-refractivity contribution in [3.05, 3.63) is 29.8 Å². The number of hydrogen-bond acceptors (Lipinski definition) is 3. The zero-order chi connectivity index (χ0) is 10.6. The molecule has 0 saturated heterocycles. The molecule has 4 N–H and O–H groups in total. The third-order valence-electron chi connectivity index (χ3n) is 2.23. The van der Waals surface area contributed by atoms with Crippen molar-refractivity contribution in [1.29, 1.82) is 0 Å². The molecule has 0 amide bonds. The van der Waals surface area contributed by atoms with Crippen LogP contribution < -0.4 is 16.4 Å². The van der Waals surface area contributed by atoms with Crippen LogP contribution in [0.5, 0.6) is 0 Å². The highest BCUT2D eigenvalue weighted by Crippen LogP contribution is 2.24. The van der Waals surface area contributed by atoms with E-state index in [1.165, 1.54) is 0 Å². The van der Waals surface area contributed by atoms with Crippen LogP contribution in [0.1, 0.15) is 18.0 Å². The van der Waals surface area contributed by atoms with Crippen LogP contribution in [0.3, 0.4) is 0 Å². The summed E-state index contributed by atoms with van der Waals surface area (Å²) in [6, 6.07) is 8.92. The molecule has 1 rings (SSSR count). The summed E-state index contributed by atoms with van der Waals surface area (Å²) >= 11 is 0. The molecule has 0 aliphatic heterocycles. The van der Waals surface area contributed by atoms with Gasteiger partial charge >= 0.3 is 0 Å². The van der Waals surface area contributed by atoms with Gasteiger partial charge < -0.3 is 16.4 Å². The smallest absolute Gasteiger partial charge is 0.0415 e. The Hall–Kier alpha value is -1.06. The predicted octanol–water partition coefficient (Wildman–Crippen LogP) is 0.901. The lowest BCUT2D eigenvalue weighted by Crippen LogP contribution is -2.19. The first-order valence-electron chi connectivity index (χ1n) is 4.79. The highest BCUT2D eigenvalue weighted by molar-refractivity contribution is 5.53. The number of hydrogen-bond donors (Lipinski definition) is 2. The fourth-order valence-electron chi connectivity index (χ4n) is 1.47. The largest absolute Gasteiger partial charge is 0.377 e. The molecule has 0 fully saturated rings. The first kappa shape index (κ1) is 11.0. The van der Waals surface area contributed by atoms with Crippen molar-refractivity contribution in [3.8, 4) is 0 Å². The van der Waals surface area contributed by atoms with Crippen molar-refractivity contribution >= 4 is 5.69 Å². The Labute approximate surface area is 85.7 Å². The second-order valence-electron chi connectivity index (χ2n) is 3.56. The highest BCUT2D eigenvalue weighted by atomic mass is 15.1. The van der Waals surface area contributed by atoms with Crippen molar-refractivity contribution in [1.82, 2.24) is 0 Å². The lowest BCUT2D eigenvalue weighted by Gasteiger charge is -2.20. The molecule has 1 aromatic carbocycles. The standard InChI is InChI=1S/C11H18N3/c1-14(2)11-6-4-3-5-9(11)10(13)7-8-12/h3,5-6,10H,7-8,12-13H2,1-2H3. The van der Waals surface area contributed by atoms with E-state index in [-0.39, 0.29) is 6.04 Å². The van der Waals surface area contributed by atoms with E-state index in [0.717, 1.165) is 17.7 Å². The van der Waals surface area contributed by atoms with Crippen molar-refractivity contribution in [2.45, 2.75) is 12.5 Å². The van der Waals surface area contributed by atoms with E-state index in [1.54, 1.807) is 0 Å². The molecule has 0 aromatic heterocycles. The molecule has 0 heterocycles. The van der Waals surface area contributed by atoms with Gasteiger partial charge in [0.25, 0.3) is 0 Å². The maximum Gasteiger partial charge on any atom is 0.0415 e. The number of rotatable bonds is 4. The average Bonchev–Trinajstić information content (AvgIpc) is 2.18. The summed E-state index contributed by atoms with van der Waals surface area (Å²) in [4.78, 5) is 2.04. The minimum Gasteiger partial charge on any atom is -0.377 e. The van der Waals surface area contributed by atoms with E-state index in [1.807, 2.05) is 37.2 Å². The van der Waals surface area contributed by atoms with Crippen LogP contribution in [0, 0.1) is 6.07 Å². The first-order chi connectivity index (χ1) is 6.66.